The Morgan fingerprint density at radius 3 is 2.57 bits per heavy atom. The summed E-state index contributed by atoms with van der Waals surface area (Å²) in [6, 6.07) is 0.916. The summed E-state index contributed by atoms with van der Waals surface area (Å²) in [6.07, 6.45) is 0. The van der Waals surface area contributed by atoms with Crippen LogP contribution in [0.3, 0.4) is 0 Å². The lowest BCUT2D eigenvalue weighted by Crippen LogP contribution is -2.13. The van der Waals surface area contributed by atoms with Crippen molar-refractivity contribution in [2.24, 2.45) is 0 Å². The Kier molecular flexibility index (Phi) is 3.83. The van der Waals surface area contributed by atoms with Crippen LogP contribution in [-0.4, -0.2) is 30.3 Å². The number of nitrogens with zero attached hydrogens (tertiary/aromatic N) is 1. The van der Waals surface area contributed by atoms with Crippen molar-refractivity contribution in [1.29, 1.82) is 0 Å². The molecule has 0 aliphatic rings. The number of carbonyl (C=O) groups is 2. The van der Waals surface area contributed by atoms with E-state index in [0.29, 0.717) is 0 Å². The van der Waals surface area contributed by atoms with Gasteiger partial charge >= 0.3 is 5.97 Å². The normalized spacial score (nSPS) is 11.3. The van der Waals surface area contributed by atoms with E-state index < -0.39 is 21.8 Å². The fourth-order valence-corrected chi connectivity index (χ4v) is 3.67. The molecule has 0 aliphatic carbocycles. The molecule has 0 aliphatic heterocycles. The number of sulfonamides is 1. The molecule has 0 atom stereocenters. The van der Waals surface area contributed by atoms with Gasteiger partial charge < -0.3 is 9.52 Å². The minimum Gasteiger partial charge on any atom is -0.475 e. The lowest BCUT2D eigenvalue weighted by atomic mass is 10.4. The van der Waals surface area contributed by atoms with Gasteiger partial charge in [-0.3, -0.25) is 9.52 Å². The van der Waals surface area contributed by atoms with Crippen LogP contribution in [0.2, 0.25) is 0 Å². The van der Waals surface area contributed by atoms with Crippen molar-refractivity contribution >= 4 is 38.2 Å². The van der Waals surface area contributed by atoms with Crippen molar-refractivity contribution in [1.82, 2.24) is 4.98 Å². The van der Waals surface area contributed by atoms with Crippen LogP contribution in [0.25, 0.3) is 0 Å². The van der Waals surface area contributed by atoms with Crippen LogP contribution in [0.15, 0.2) is 20.8 Å². The number of thiazole rings is 1. The third kappa shape index (κ3) is 3.11. The standard InChI is InChI=1S/C11H10N2O6S2/c1-5(14)7-4-20-11(12-7)13-21(17,18)9-3-8(10(15)16)19-6(9)2/h3-4H,1-2H3,(H,12,13)(H,15,16). The number of carboxylic acids is 1. The number of aryl methyl sites for hydroxylation is 1. The molecule has 0 unspecified atom stereocenters. The Bertz CT molecular complexity index is 818. The Labute approximate surface area is 123 Å². The molecule has 0 bridgehead atoms. The van der Waals surface area contributed by atoms with Crippen LogP contribution < -0.4 is 4.72 Å². The van der Waals surface area contributed by atoms with Gasteiger partial charge in [0.2, 0.25) is 5.76 Å². The largest absolute Gasteiger partial charge is 0.475 e. The molecule has 0 aromatic carbocycles. The number of furan rings is 1. The van der Waals surface area contributed by atoms with Gasteiger partial charge in [0.1, 0.15) is 16.3 Å². The Morgan fingerprint density at radius 1 is 1.43 bits per heavy atom. The second-order valence-corrected chi connectivity index (χ2v) is 6.54. The summed E-state index contributed by atoms with van der Waals surface area (Å²) in [5.41, 5.74) is 0.146. The average Bonchev–Trinajstić information content (AvgIpc) is 2.95. The van der Waals surface area contributed by atoms with E-state index in [1.807, 2.05) is 0 Å². The van der Waals surface area contributed by atoms with Crippen molar-refractivity contribution < 1.29 is 27.5 Å². The molecule has 112 valence electrons. The fraction of sp³-hybridized carbons (Fsp3) is 0.182. The van der Waals surface area contributed by atoms with E-state index in [4.69, 9.17) is 9.52 Å². The average molecular weight is 330 g/mol. The Hall–Kier alpha value is -2.20. The number of carbonyl (C=O) groups excluding carboxylic acids is 1. The van der Waals surface area contributed by atoms with Gasteiger partial charge in [0.15, 0.2) is 10.9 Å². The highest BCUT2D eigenvalue weighted by Crippen LogP contribution is 2.24. The first-order valence-electron chi connectivity index (χ1n) is 5.53. The van der Waals surface area contributed by atoms with E-state index in [0.717, 1.165) is 17.4 Å². The van der Waals surface area contributed by atoms with E-state index in [9.17, 15) is 18.0 Å². The summed E-state index contributed by atoms with van der Waals surface area (Å²) in [4.78, 5) is 25.4. The highest BCUT2D eigenvalue weighted by molar-refractivity contribution is 7.93. The van der Waals surface area contributed by atoms with Gasteiger partial charge in [-0.05, 0) is 6.92 Å². The molecule has 0 spiro atoms. The number of rotatable bonds is 5. The number of hydrogen-bond donors (Lipinski definition) is 2. The molecule has 10 heteroatoms. The maximum atomic E-state index is 12.2. The summed E-state index contributed by atoms with van der Waals surface area (Å²) < 4.78 is 31.3. The van der Waals surface area contributed by atoms with Gasteiger partial charge in [0.25, 0.3) is 10.0 Å². The second-order valence-electron chi connectivity index (χ2n) is 4.04. The fourth-order valence-electron chi connectivity index (χ4n) is 1.49. The maximum Gasteiger partial charge on any atom is 0.371 e. The molecule has 2 aromatic heterocycles. The van der Waals surface area contributed by atoms with Crippen LogP contribution in [0.5, 0.6) is 0 Å². The minimum absolute atomic E-state index is 0.0117. The van der Waals surface area contributed by atoms with Crippen molar-refractivity contribution in [3.8, 4) is 0 Å². The van der Waals surface area contributed by atoms with E-state index in [1.165, 1.54) is 19.2 Å². The number of nitrogens with one attached hydrogen (secondary N) is 1. The van der Waals surface area contributed by atoms with Gasteiger partial charge in [0.05, 0.1) is 0 Å². The molecule has 2 heterocycles. The number of ketones is 1. The van der Waals surface area contributed by atoms with Crippen LogP contribution in [0.1, 0.15) is 33.7 Å². The quantitative estimate of drug-likeness (QED) is 0.799. The van der Waals surface area contributed by atoms with Crippen LogP contribution in [0, 0.1) is 6.92 Å². The molecule has 8 nitrogen and oxygen atoms in total. The summed E-state index contributed by atoms with van der Waals surface area (Å²) in [5.74, 6) is -2.18. The van der Waals surface area contributed by atoms with E-state index in [2.05, 4.69) is 9.71 Å². The first-order chi connectivity index (χ1) is 9.70. The van der Waals surface area contributed by atoms with Gasteiger partial charge in [-0.1, -0.05) is 0 Å². The van der Waals surface area contributed by atoms with Crippen molar-refractivity contribution in [3.05, 3.63) is 28.7 Å². The van der Waals surface area contributed by atoms with Gasteiger partial charge in [-0.25, -0.2) is 18.2 Å². The third-order valence-corrected chi connectivity index (χ3v) is 4.79. The maximum absolute atomic E-state index is 12.2. The summed E-state index contributed by atoms with van der Waals surface area (Å²) >= 11 is 0.949. The molecule has 0 radical (unpaired) electrons. The highest BCUT2D eigenvalue weighted by Gasteiger charge is 2.25. The Morgan fingerprint density at radius 2 is 2.10 bits per heavy atom. The third-order valence-electron chi connectivity index (χ3n) is 2.46. The predicted molar refractivity (Wildman–Crippen MR) is 73.3 cm³/mol. The van der Waals surface area contributed by atoms with Crippen molar-refractivity contribution in [3.63, 3.8) is 0 Å². The lowest BCUT2D eigenvalue weighted by molar-refractivity contribution is 0.0660. The van der Waals surface area contributed by atoms with Crippen LogP contribution in [0.4, 0.5) is 5.13 Å². The minimum atomic E-state index is -4.04. The van der Waals surface area contributed by atoms with Gasteiger partial charge in [-0.2, -0.15) is 0 Å². The van der Waals surface area contributed by atoms with Crippen molar-refractivity contribution in [2.75, 3.05) is 4.72 Å². The van der Waals surface area contributed by atoms with Crippen molar-refractivity contribution in [2.45, 2.75) is 18.7 Å². The number of anilines is 1. The molecule has 2 rings (SSSR count). The lowest BCUT2D eigenvalue weighted by Gasteiger charge is -2.02. The zero-order valence-corrected chi connectivity index (χ0v) is 12.5. The van der Waals surface area contributed by atoms with E-state index >= 15 is 0 Å². The Balaban J connectivity index is 2.33. The molecule has 0 amide bonds. The molecule has 0 saturated heterocycles. The highest BCUT2D eigenvalue weighted by atomic mass is 32.2. The number of Topliss-reactive ketones (excluding diaryl/α,β-unsaturated/α-hetero) is 1. The molecular weight excluding hydrogens is 320 g/mol. The van der Waals surface area contributed by atoms with Crippen LogP contribution in [-0.2, 0) is 10.0 Å². The smallest absolute Gasteiger partial charge is 0.371 e. The van der Waals surface area contributed by atoms with Gasteiger partial charge in [0, 0.05) is 18.4 Å². The molecular formula is C11H10N2O6S2. The number of hydrogen-bond acceptors (Lipinski definition) is 7. The SMILES string of the molecule is CC(=O)c1csc(NS(=O)(=O)c2cc(C(=O)O)oc2C)n1. The molecule has 0 fully saturated rings. The topological polar surface area (TPSA) is 127 Å². The molecule has 2 N–H and O–H groups in total. The number of aromatic carboxylic acids is 1. The number of carboxylic acid groups (broad SMARTS) is 1. The predicted octanol–water partition coefficient (Wildman–Crippen LogP) is 1.75. The van der Waals surface area contributed by atoms with Gasteiger partial charge in [-0.15, -0.1) is 11.3 Å². The summed E-state index contributed by atoms with van der Waals surface area (Å²) in [5, 5.41) is 10.2. The molecule has 21 heavy (non-hydrogen) atoms. The van der Waals surface area contributed by atoms with E-state index in [-0.39, 0.29) is 27.3 Å². The monoisotopic (exact) mass is 330 g/mol. The summed E-state index contributed by atoms with van der Waals surface area (Å²) in [7, 11) is -4.04. The zero-order valence-electron chi connectivity index (χ0n) is 10.9. The first kappa shape index (κ1) is 15.2. The van der Waals surface area contributed by atoms with E-state index in [1.54, 1.807) is 0 Å². The summed E-state index contributed by atoms with van der Waals surface area (Å²) in [6.45, 7) is 2.65. The molecule has 0 saturated carbocycles. The molecule has 2 aromatic rings. The van der Waals surface area contributed by atoms with Crippen LogP contribution >= 0.6 is 11.3 Å². The second kappa shape index (κ2) is 5.30. The first-order valence-corrected chi connectivity index (χ1v) is 7.90. The zero-order chi connectivity index (χ0) is 15.8. The number of aromatic nitrogens is 1.